The van der Waals surface area contributed by atoms with Gasteiger partial charge in [-0.05, 0) is 99.4 Å². The SMILES string of the molecule is CC(C)(C)OC(=O)NC[C@H]1CC[C@H](C(=O)N[C@@H](Cc2cccc(-c3ccc(C(=O)O)cc3)c2)C(=O)Nc2ccc3cn[nH]c3c2)CC1. The molecule has 5 N–H and O–H groups in total. The van der Waals surface area contributed by atoms with Crippen molar-refractivity contribution in [2.75, 3.05) is 11.9 Å². The summed E-state index contributed by atoms with van der Waals surface area (Å²) in [7, 11) is 0. The second kappa shape index (κ2) is 14.5. The Kier molecular flexibility index (Phi) is 10.2. The number of carbonyl (C=O) groups excluding carboxylic acids is 3. The van der Waals surface area contributed by atoms with Crippen molar-refractivity contribution in [2.45, 2.75) is 64.5 Å². The number of anilines is 1. The van der Waals surface area contributed by atoms with Gasteiger partial charge in [0.15, 0.2) is 0 Å². The van der Waals surface area contributed by atoms with Gasteiger partial charge in [-0.2, -0.15) is 5.10 Å². The van der Waals surface area contributed by atoms with Crippen LogP contribution in [0.25, 0.3) is 22.0 Å². The van der Waals surface area contributed by atoms with Crippen molar-refractivity contribution in [3.05, 3.63) is 84.1 Å². The Morgan fingerprint density at radius 3 is 2.40 bits per heavy atom. The van der Waals surface area contributed by atoms with Crippen LogP contribution in [-0.4, -0.2) is 57.4 Å². The number of carboxylic acids is 1. The van der Waals surface area contributed by atoms with Crippen LogP contribution >= 0.6 is 0 Å². The van der Waals surface area contributed by atoms with Crippen LogP contribution in [0.5, 0.6) is 0 Å². The molecular formula is C36H41N5O6. The first-order chi connectivity index (χ1) is 22.4. The number of fused-ring (bicyclic) bond motifs is 1. The minimum absolute atomic E-state index is 0.173. The molecule has 0 aliphatic heterocycles. The predicted octanol–water partition coefficient (Wildman–Crippen LogP) is 5.93. The Morgan fingerprint density at radius 1 is 0.957 bits per heavy atom. The lowest BCUT2D eigenvalue weighted by molar-refractivity contribution is -0.130. The fourth-order valence-electron chi connectivity index (χ4n) is 5.83. The van der Waals surface area contributed by atoms with E-state index in [1.165, 1.54) is 0 Å². The molecule has 1 atom stereocenters. The number of H-pyrrole nitrogens is 1. The molecule has 11 nitrogen and oxygen atoms in total. The van der Waals surface area contributed by atoms with Gasteiger partial charge in [-0.25, -0.2) is 9.59 Å². The minimum Gasteiger partial charge on any atom is -0.478 e. The molecule has 1 aliphatic rings. The molecule has 5 rings (SSSR count). The Labute approximate surface area is 273 Å². The minimum atomic E-state index is -0.993. The number of alkyl carbamates (subject to hydrolysis) is 1. The number of carboxylic acid groups (broad SMARTS) is 1. The Balaban J connectivity index is 1.26. The molecule has 1 fully saturated rings. The van der Waals surface area contributed by atoms with Crippen LogP contribution in [0.3, 0.4) is 0 Å². The molecule has 3 amide bonds. The summed E-state index contributed by atoms with van der Waals surface area (Å²) in [6.45, 7) is 5.95. The zero-order valence-corrected chi connectivity index (χ0v) is 26.8. The lowest BCUT2D eigenvalue weighted by atomic mass is 9.81. The van der Waals surface area contributed by atoms with Crippen molar-refractivity contribution in [3.63, 3.8) is 0 Å². The number of benzene rings is 3. The third kappa shape index (κ3) is 9.18. The number of amides is 3. The van der Waals surface area contributed by atoms with Crippen LogP contribution in [-0.2, 0) is 20.7 Å². The van der Waals surface area contributed by atoms with Gasteiger partial charge in [0.2, 0.25) is 11.8 Å². The van der Waals surface area contributed by atoms with Gasteiger partial charge in [0, 0.05) is 30.0 Å². The predicted molar refractivity (Wildman–Crippen MR) is 179 cm³/mol. The van der Waals surface area contributed by atoms with Crippen molar-refractivity contribution in [3.8, 4) is 11.1 Å². The summed E-state index contributed by atoms with van der Waals surface area (Å²) in [6, 6.07) is 18.9. The molecule has 4 aromatic rings. The van der Waals surface area contributed by atoms with E-state index >= 15 is 0 Å². The van der Waals surface area contributed by atoms with Gasteiger partial charge in [-0.1, -0.05) is 36.4 Å². The highest BCUT2D eigenvalue weighted by molar-refractivity contribution is 5.99. The number of nitrogens with one attached hydrogen (secondary N) is 4. The number of aromatic carboxylic acids is 1. The van der Waals surface area contributed by atoms with Crippen LogP contribution < -0.4 is 16.0 Å². The smallest absolute Gasteiger partial charge is 0.407 e. The first-order valence-electron chi connectivity index (χ1n) is 15.9. The summed E-state index contributed by atoms with van der Waals surface area (Å²) in [6.07, 6.45) is 4.36. The maximum Gasteiger partial charge on any atom is 0.407 e. The molecule has 0 unspecified atom stereocenters. The highest BCUT2D eigenvalue weighted by atomic mass is 16.6. The van der Waals surface area contributed by atoms with Crippen LogP contribution in [0, 0.1) is 11.8 Å². The summed E-state index contributed by atoms with van der Waals surface area (Å²) in [4.78, 5) is 50.6. The standard InChI is InChI=1S/C36H41N5O6/c1-36(2,3)47-35(46)37-20-22-7-9-25(10-8-22)32(42)40-31(33(43)39-29-16-15-28-21-38-41-30(28)19-29)18-23-5-4-6-27(17-23)24-11-13-26(14-12-24)34(44)45/h4-6,11-17,19,21-22,25,31H,7-10,18,20H2,1-3H3,(H,37,46)(H,38,41)(H,39,43)(H,40,42)(H,44,45)/t22-,25-,31-/m0/s1. The molecule has 11 heteroatoms. The average molecular weight is 640 g/mol. The number of rotatable bonds is 10. The maximum atomic E-state index is 13.7. The first-order valence-corrected chi connectivity index (χ1v) is 15.9. The van der Waals surface area contributed by atoms with Crippen molar-refractivity contribution >= 4 is 40.5 Å². The molecule has 0 bridgehead atoms. The van der Waals surface area contributed by atoms with Gasteiger partial charge in [-0.15, -0.1) is 0 Å². The Bertz CT molecular complexity index is 1730. The molecule has 47 heavy (non-hydrogen) atoms. The van der Waals surface area contributed by atoms with E-state index in [1.54, 1.807) is 42.6 Å². The molecule has 1 aromatic heterocycles. The molecule has 3 aromatic carbocycles. The maximum absolute atomic E-state index is 13.7. The molecule has 1 heterocycles. The first kappa shape index (κ1) is 33.2. The van der Waals surface area contributed by atoms with Gasteiger partial charge in [0.25, 0.3) is 0 Å². The number of hydrogen-bond acceptors (Lipinski definition) is 6. The highest BCUT2D eigenvalue weighted by Crippen LogP contribution is 2.29. The van der Waals surface area contributed by atoms with Crippen molar-refractivity contribution in [1.29, 1.82) is 0 Å². The van der Waals surface area contributed by atoms with Crippen molar-refractivity contribution < 1.29 is 29.0 Å². The zero-order valence-electron chi connectivity index (χ0n) is 26.8. The van der Waals surface area contributed by atoms with E-state index in [1.807, 2.05) is 51.1 Å². The number of ether oxygens (including phenoxy) is 1. The summed E-state index contributed by atoms with van der Waals surface area (Å²) >= 11 is 0. The van der Waals surface area contributed by atoms with Crippen LogP contribution in [0.15, 0.2) is 72.9 Å². The Morgan fingerprint density at radius 2 is 1.70 bits per heavy atom. The molecule has 0 spiro atoms. The zero-order chi connectivity index (χ0) is 33.6. The van der Waals surface area contributed by atoms with E-state index in [2.05, 4.69) is 26.1 Å². The molecular weight excluding hydrogens is 598 g/mol. The van der Waals surface area contributed by atoms with Gasteiger partial charge >= 0.3 is 12.1 Å². The van der Waals surface area contributed by atoms with Crippen molar-refractivity contribution in [2.24, 2.45) is 11.8 Å². The van der Waals surface area contributed by atoms with Gasteiger partial charge in [0.05, 0.1) is 17.3 Å². The summed E-state index contributed by atoms with van der Waals surface area (Å²) < 4.78 is 5.33. The summed E-state index contributed by atoms with van der Waals surface area (Å²) in [5, 5.41) is 25.9. The van der Waals surface area contributed by atoms with E-state index < -0.39 is 23.7 Å². The van der Waals surface area contributed by atoms with Gasteiger partial charge in [-0.3, -0.25) is 14.7 Å². The molecule has 246 valence electrons. The molecule has 1 saturated carbocycles. The normalized spacial score (nSPS) is 17.0. The average Bonchev–Trinajstić information content (AvgIpc) is 3.51. The topological polar surface area (TPSA) is 163 Å². The largest absolute Gasteiger partial charge is 0.478 e. The third-order valence-electron chi connectivity index (χ3n) is 8.33. The Hall–Kier alpha value is -5.19. The third-order valence-corrected chi connectivity index (χ3v) is 8.33. The van der Waals surface area contributed by atoms with E-state index in [4.69, 9.17) is 4.74 Å². The van der Waals surface area contributed by atoms with Crippen molar-refractivity contribution in [1.82, 2.24) is 20.8 Å². The fraction of sp³-hybridized carbons (Fsp3) is 0.361. The van der Waals surface area contributed by atoms with Crippen LogP contribution in [0.2, 0.25) is 0 Å². The fourth-order valence-corrected chi connectivity index (χ4v) is 5.83. The lowest BCUT2D eigenvalue weighted by Crippen LogP contribution is -2.48. The number of nitrogens with zero attached hydrogens (tertiary/aromatic N) is 1. The van der Waals surface area contributed by atoms with Gasteiger partial charge in [0.1, 0.15) is 11.6 Å². The van der Waals surface area contributed by atoms with Crippen LogP contribution in [0.4, 0.5) is 10.5 Å². The second-order valence-corrected chi connectivity index (χ2v) is 13.1. The summed E-state index contributed by atoms with van der Waals surface area (Å²) in [5.41, 5.74) is 3.54. The second-order valence-electron chi connectivity index (χ2n) is 13.1. The quantitative estimate of drug-likeness (QED) is 0.144. The van der Waals surface area contributed by atoms with Crippen LogP contribution in [0.1, 0.15) is 62.4 Å². The van der Waals surface area contributed by atoms with E-state index in [-0.39, 0.29) is 35.6 Å². The molecule has 0 radical (unpaired) electrons. The number of carbonyl (C=O) groups is 4. The highest BCUT2D eigenvalue weighted by Gasteiger charge is 2.30. The van der Waals surface area contributed by atoms with E-state index in [9.17, 15) is 24.3 Å². The van der Waals surface area contributed by atoms with E-state index in [0.717, 1.165) is 40.4 Å². The number of aromatic nitrogens is 2. The summed E-state index contributed by atoms with van der Waals surface area (Å²) in [5.74, 6) is -1.51. The molecule has 1 aliphatic carbocycles. The molecule has 0 saturated heterocycles. The number of aromatic amines is 1. The number of hydrogen-bond donors (Lipinski definition) is 5. The van der Waals surface area contributed by atoms with E-state index in [0.29, 0.717) is 25.1 Å². The monoisotopic (exact) mass is 639 g/mol. The van der Waals surface area contributed by atoms with Gasteiger partial charge < -0.3 is 25.8 Å². The lowest BCUT2D eigenvalue weighted by Gasteiger charge is -2.29.